The van der Waals surface area contributed by atoms with E-state index in [0.29, 0.717) is 36.7 Å². The molecule has 1 aliphatic heterocycles. The number of hydrogen-bond donors (Lipinski definition) is 0. The number of rotatable bonds is 6. The normalized spacial score (nSPS) is 13.2. The van der Waals surface area contributed by atoms with Crippen LogP contribution in [0.25, 0.3) is 0 Å². The summed E-state index contributed by atoms with van der Waals surface area (Å²) in [6, 6.07) is 19.7. The van der Waals surface area contributed by atoms with Gasteiger partial charge in [-0.05, 0) is 24.5 Å². The molecule has 0 saturated heterocycles. The lowest BCUT2D eigenvalue weighted by atomic mass is 9.97. The molecule has 7 nitrogen and oxygen atoms in total. The Morgan fingerprint density at radius 2 is 1.66 bits per heavy atom. The number of aromatic nitrogens is 2. The number of carbonyl (C=O) groups is 1. The molecule has 1 aromatic heterocycles. The van der Waals surface area contributed by atoms with Crippen molar-refractivity contribution in [2.24, 2.45) is 0 Å². The smallest absolute Gasteiger partial charge is 0.410 e. The van der Waals surface area contributed by atoms with Crippen molar-refractivity contribution < 1.29 is 14.3 Å². The van der Waals surface area contributed by atoms with Crippen LogP contribution in [0, 0.1) is 6.92 Å². The number of fused-ring (bicyclic) bond motifs is 1. The minimum atomic E-state index is -0.414. The molecule has 0 N–H and O–H groups in total. The second kappa shape index (κ2) is 9.78. The van der Waals surface area contributed by atoms with Gasteiger partial charge < -0.3 is 14.4 Å². The molecule has 2 heterocycles. The Hall–Kier alpha value is -3.45. The molecule has 0 saturated carbocycles. The number of methoxy groups -OCH3 is 1. The van der Waals surface area contributed by atoms with E-state index >= 15 is 0 Å². The molecule has 32 heavy (non-hydrogen) atoms. The first-order chi connectivity index (χ1) is 15.6. The van der Waals surface area contributed by atoms with Gasteiger partial charge in [-0.25, -0.2) is 9.78 Å². The van der Waals surface area contributed by atoms with E-state index in [9.17, 15) is 9.59 Å². The van der Waals surface area contributed by atoms with E-state index in [4.69, 9.17) is 14.5 Å². The van der Waals surface area contributed by atoms with Gasteiger partial charge in [-0.1, -0.05) is 60.7 Å². The van der Waals surface area contributed by atoms with Gasteiger partial charge in [0.05, 0.1) is 24.9 Å². The predicted octanol–water partition coefficient (Wildman–Crippen LogP) is 3.33. The zero-order chi connectivity index (χ0) is 22.5. The summed E-state index contributed by atoms with van der Waals surface area (Å²) in [5.41, 5.74) is 3.28. The summed E-state index contributed by atoms with van der Waals surface area (Å²) < 4.78 is 11.9. The lowest BCUT2D eigenvalue weighted by molar-refractivity contribution is 0.0683. The molecule has 1 aliphatic rings. The molecule has 0 unspecified atom stereocenters. The molecule has 7 heteroatoms. The van der Waals surface area contributed by atoms with Gasteiger partial charge in [0.25, 0.3) is 5.56 Å². The number of nitrogens with zero attached hydrogens (tertiary/aromatic N) is 3. The monoisotopic (exact) mass is 433 g/mol. The van der Waals surface area contributed by atoms with Crippen molar-refractivity contribution in [2.45, 2.75) is 25.9 Å². The molecule has 0 spiro atoms. The Labute approximate surface area is 187 Å². The second-order valence-electron chi connectivity index (χ2n) is 7.76. The average Bonchev–Trinajstić information content (AvgIpc) is 2.82. The maximum absolute atomic E-state index is 13.7. The molecule has 4 rings (SSSR count). The minimum absolute atomic E-state index is 0.0578. The maximum Gasteiger partial charge on any atom is 0.410 e. The first-order valence-corrected chi connectivity index (χ1v) is 10.7. The summed E-state index contributed by atoms with van der Waals surface area (Å²) >= 11 is 0. The summed E-state index contributed by atoms with van der Waals surface area (Å²) in [4.78, 5) is 32.4. The zero-order valence-electron chi connectivity index (χ0n) is 18.4. The molecule has 166 valence electrons. The van der Waals surface area contributed by atoms with E-state index in [0.717, 1.165) is 11.1 Å². The summed E-state index contributed by atoms with van der Waals surface area (Å²) in [7, 11) is 1.56. The van der Waals surface area contributed by atoms with Crippen LogP contribution in [0.2, 0.25) is 0 Å². The molecule has 3 aromatic rings. The third-order valence-corrected chi connectivity index (χ3v) is 5.70. The first kappa shape index (κ1) is 21.8. The number of hydrogen-bond acceptors (Lipinski definition) is 5. The fourth-order valence-electron chi connectivity index (χ4n) is 4.15. The Bertz CT molecular complexity index is 1090. The van der Waals surface area contributed by atoms with Gasteiger partial charge in [0.2, 0.25) is 0 Å². The molecular formula is C25H27N3O4. The van der Waals surface area contributed by atoms with Gasteiger partial charge >= 0.3 is 6.09 Å². The van der Waals surface area contributed by atoms with Gasteiger partial charge in [-0.3, -0.25) is 9.36 Å². The molecule has 0 radical (unpaired) electrons. The van der Waals surface area contributed by atoms with Crippen molar-refractivity contribution in [3.05, 3.63) is 99.2 Å². The van der Waals surface area contributed by atoms with Gasteiger partial charge in [0.15, 0.2) is 0 Å². The third kappa shape index (κ3) is 4.43. The highest BCUT2D eigenvalue weighted by Crippen LogP contribution is 2.27. The Morgan fingerprint density at radius 1 is 1.03 bits per heavy atom. The SMILES string of the molecule is COCCOC(=O)N1CCc2c(nc(C)n(C(c3ccccc3)c3ccccc3)c2=O)C1. The van der Waals surface area contributed by atoms with E-state index in [2.05, 4.69) is 0 Å². The highest BCUT2D eigenvalue weighted by atomic mass is 16.6. The van der Waals surface area contributed by atoms with E-state index in [1.807, 2.05) is 67.6 Å². The van der Waals surface area contributed by atoms with E-state index in [1.165, 1.54) is 0 Å². The van der Waals surface area contributed by atoms with Crippen LogP contribution in [0.15, 0.2) is 65.5 Å². The van der Waals surface area contributed by atoms with E-state index in [-0.39, 0.29) is 24.8 Å². The van der Waals surface area contributed by atoms with E-state index in [1.54, 1.807) is 16.6 Å². The van der Waals surface area contributed by atoms with Crippen LogP contribution in [0.3, 0.4) is 0 Å². The second-order valence-corrected chi connectivity index (χ2v) is 7.76. The van der Waals surface area contributed by atoms with Gasteiger partial charge in [0, 0.05) is 19.2 Å². The van der Waals surface area contributed by atoms with Crippen LogP contribution in [-0.4, -0.2) is 47.4 Å². The van der Waals surface area contributed by atoms with Crippen LogP contribution >= 0.6 is 0 Å². The molecule has 0 atom stereocenters. The topological polar surface area (TPSA) is 73.7 Å². The zero-order valence-corrected chi connectivity index (χ0v) is 18.4. The van der Waals surface area contributed by atoms with Crippen LogP contribution in [-0.2, 0) is 22.4 Å². The molecule has 1 amide bonds. The molecule has 0 aliphatic carbocycles. The fourth-order valence-corrected chi connectivity index (χ4v) is 4.15. The van der Waals surface area contributed by atoms with Crippen molar-refractivity contribution in [3.63, 3.8) is 0 Å². The average molecular weight is 434 g/mol. The third-order valence-electron chi connectivity index (χ3n) is 5.70. The molecule has 2 aromatic carbocycles. The number of carbonyl (C=O) groups excluding carboxylic acids is 1. The Morgan fingerprint density at radius 3 is 2.25 bits per heavy atom. The fraction of sp³-hybridized carbons (Fsp3) is 0.320. The lowest BCUT2D eigenvalue weighted by Gasteiger charge is -2.30. The van der Waals surface area contributed by atoms with Gasteiger partial charge in [0.1, 0.15) is 12.4 Å². The highest BCUT2D eigenvalue weighted by molar-refractivity contribution is 5.68. The van der Waals surface area contributed by atoms with Crippen LogP contribution in [0.1, 0.15) is 34.3 Å². The number of benzene rings is 2. The molecule has 0 bridgehead atoms. The quantitative estimate of drug-likeness (QED) is 0.558. The molecular weight excluding hydrogens is 406 g/mol. The minimum Gasteiger partial charge on any atom is -0.447 e. The molecule has 0 fully saturated rings. The largest absolute Gasteiger partial charge is 0.447 e. The van der Waals surface area contributed by atoms with Crippen LogP contribution < -0.4 is 5.56 Å². The van der Waals surface area contributed by atoms with Crippen molar-refractivity contribution >= 4 is 6.09 Å². The highest BCUT2D eigenvalue weighted by Gasteiger charge is 2.28. The van der Waals surface area contributed by atoms with Crippen molar-refractivity contribution in [3.8, 4) is 0 Å². The van der Waals surface area contributed by atoms with Crippen LogP contribution in [0.5, 0.6) is 0 Å². The van der Waals surface area contributed by atoms with Crippen molar-refractivity contribution in [2.75, 3.05) is 26.9 Å². The summed E-state index contributed by atoms with van der Waals surface area (Å²) in [6.45, 7) is 3.07. The Balaban J connectivity index is 1.71. The predicted molar refractivity (Wildman–Crippen MR) is 121 cm³/mol. The van der Waals surface area contributed by atoms with Crippen molar-refractivity contribution in [1.82, 2.24) is 14.5 Å². The number of aryl methyl sites for hydroxylation is 1. The standard InChI is InChI=1S/C25H27N3O4/c1-18-26-22-17-27(25(30)32-16-15-31-2)14-13-21(22)24(29)28(18)23(19-9-5-3-6-10-19)20-11-7-4-8-12-20/h3-12,23H,13-17H2,1-2H3. The van der Waals surface area contributed by atoms with Crippen LogP contribution in [0.4, 0.5) is 4.79 Å². The maximum atomic E-state index is 13.7. The van der Waals surface area contributed by atoms with Gasteiger partial charge in [-0.2, -0.15) is 0 Å². The summed E-state index contributed by atoms with van der Waals surface area (Å²) in [6.07, 6.45) is 0.0275. The van der Waals surface area contributed by atoms with E-state index < -0.39 is 6.09 Å². The first-order valence-electron chi connectivity index (χ1n) is 10.7. The lowest BCUT2D eigenvalue weighted by Crippen LogP contribution is -2.42. The Kier molecular flexibility index (Phi) is 6.66. The number of ether oxygens (including phenoxy) is 2. The van der Waals surface area contributed by atoms with Gasteiger partial charge in [-0.15, -0.1) is 0 Å². The summed E-state index contributed by atoms with van der Waals surface area (Å²) in [5, 5.41) is 0. The van der Waals surface area contributed by atoms with Crippen molar-refractivity contribution in [1.29, 1.82) is 0 Å². The summed E-state index contributed by atoms with van der Waals surface area (Å²) in [5.74, 6) is 0.612. The number of amides is 1.